The topological polar surface area (TPSA) is 87.2 Å². The first-order chi connectivity index (χ1) is 10.9. The summed E-state index contributed by atoms with van der Waals surface area (Å²) in [6.07, 6.45) is 0. The van der Waals surface area contributed by atoms with Crippen molar-refractivity contribution in [3.63, 3.8) is 0 Å². The highest BCUT2D eigenvalue weighted by Crippen LogP contribution is 2.13. The molecule has 1 heterocycles. The van der Waals surface area contributed by atoms with Crippen molar-refractivity contribution >= 4 is 21.7 Å². The summed E-state index contributed by atoms with van der Waals surface area (Å²) < 4.78 is 26.7. The van der Waals surface area contributed by atoms with Gasteiger partial charge in [0.1, 0.15) is 17.5 Å². The molecule has 124 valence electrons. The summed E-state index contributed by atoms with van der Waals surface area (Å²) in [4.78, 5) is 10.7. The van der Waals surface area contributed by atoms with Gasteiger partial charge >= 0.3 is 0 Å². The maximum atomic E-state index is 12.1. The van der Waals surface area contributed by atoms with Gasteiger partial charge in [-0.25, -0.2) is 23.1 Å². The minimum Gasteiger partial charge on any atom is -0.369 e. The predicted octanol–water partition coefficient (Wildman–Crippen LogP) is 1.24. The number of hydrogen-bond acceptors (Lipinski definition) is 6. The Labute approximate surface area is 136 Å². The quantitative estimate of drug-likeness (QED) is 0.740. The van der Waals surface area contributed by atoms with Crippen LogP contribution in [0, 0.1) is 6.92 Å². The Morgan fingerprint density at radius 3 is 2.43 bits per heavy atom. The van der Waals surface area contributed by atoms with Crippen LogP contribution >= 0.6 is 0 Å². The third-order valence-corrected chi connectivity index (χ3v) is 4.54. The lowest BCUT2D eigenvalue weighted by Gasteiger charge is -2.14. The van der Waals surface area contributed by atoms with Crippen LogP contribution in [-0.2, 0) is 10.0 Å². The standard InChI is InChI=1S/C15H21N5O2S/c1-12-18-14(11-15(19-12)20(2)3)16-9-10-17-23(21,22)13-7-5-4-6-8-13/h4-8,11,17H,9-10H2,1-3H3,(H,16,18,19). The molecule has 0 radical (unpaired) electrons. The number of anilines is 2. The van der Waals surface area contributed by atoms with Crippen molar-refractivity contribution in [3.05, 3.63) is 42.2 Å². The summed E-state index contributed by atoms with van der Waals surface area (Å²) >= 11 is 0. The molecule has 2 N–H and O–H groups in total. The van der Waals surface area contributed by atoms with E-state index in [9.17, 15) is 8.42 Å². The van der Waals surface area contributed by atoms with Crippen molar-refractivity contribution < 1.29 is 8.42 Å². The molecule has 2 aromatic rings. The third kappa shape index (κ3) is 4.90. The van der Waals surface area contributed by atoms with Crippen molar-refractivity contribution in [3.8, 4) is 0 Å². The summed E-state index contributed by atoms with van der Waals surface area (Å²) in [7, 11) is 0.329. The Morgan fingerprint density at radius 1 is 1.09 bits per heavy atom. The molecule has 0 saturated carbocycles. The van der Waals surface area contributed by atoms with E-state index >= 15 is 0 Å². The summed E-state index contributed by atoms with van der Waals surface area (Å²) in [6.45, 7) is 2.50. The monoisotopic (exact) mass is 335 g/mol. The molecule has 0 unspecified atom stereocenters. The van der Waals surface area contributed by atoms with Gasteiger partial charge in [-0.05, 0) is 19.1 Å². The van der Waals surface area contributed by atoms with Gasteiger partial charge in [0.05, 0.1) is 4.90 Å². The first-order valence-corrected chi connectivity index (χ1v) is 8.68. The summed E-state index contributed by atoms with van der Waals surface area (Å²) in [5, 5.41) is 3.10. The lowest BCUT2D eigenvalue weighted by atomic mass is 10.4. The molecule has 8 heteroatoms. The number of sulfonamides is 1. The molecule has 0 amide bonds. The van der Waals surface area contributed by atoms with E-state index in [4.69, 9.17) is 0 Å². The van der Waals surface area contributed by atoms with Crippen molar-refractivity contribution in [1.82, 2.24) is 14.7 Å². The molecule has 1 aromatic carbocycles. The molecular weight excluding hydrogens is 314 g/mol. The molecule has 0 aliphatic carbocycles. The van der Waals surface area contributed by atoms with Gasteiger partial charge in [0, 0.05) is 33.3 Å². The highest BCUT2D eigenvalue weighted by molar-refractivity contribution is 7.89. The minimum atomic E-state index is -3.48. The smallest absolute Gasteiger partial charge is 0.240 e. The molecule has 0 saturated heterocycles. The van der Waals surface area contributed by atoms with Gasteiger partial charge in [0.15, 0.2) is 0 Å². The maximum absolute atomic E-state index is 12.1. The molecule has 0 aliphatic heterocycles. The largest absolute Gasteiger partial charge is 0.369 e. The van der Waals surface area contributed by atoms with E-state index in [0.29, 0.717) is 18.2 Å². The Morgan fingerprint density at radius 2 is 1.78 bits per heavy atom. The maximum Gasteiger partial charge on any atom is 0.240 e. The van der Waals surface area contributed by atoms with Crippen molar-refractivity contribution in [1.29, 1.82) is 0 Å². The second-order valence-electron chi connectivity index (χ2n) is 5.19. The van der Waals surface area contributed by atoms with Crippen LogP contribution in [0.2, 0.25) is 0 Å². The SMILES string of the molecule is Cc1nc(NCCNS(=O)(=O)c2ccccc2)cc(N(C)C)n1. The molecule has 0 aliphatic rings. The van der Waals surface area contributed by atoms with Gasteiger partial charge in [-0.3, -0.25) is 0 Å². The number of hydrogen-bond donors (Lipinski definition) is 2. The minimum absolute atomic E-state index is 0.257. The number of nitrogens with one attached hydrogen (secondary N) is 2. The molecule has 2 rings (SSSR count). The molecule has 23 heavy (non-hydrogen) atoms. The molecule has 0 spiro atoms. The average Bonchev–Trinajstić information content (AvgIpc) is 2.52. The second kappa shape index (κ2) is 7.38. The number of nitrogens with zero attached hydrogens (tertiary/aromatic N) is 3. The van der Waals surface area contributed by atoms with Gasteiger partial charge in [0.2, 0.25) is 10.0 Å². The highest BCUT2D eigenvalue weighted by Gasteiger charge is 2.12. The number of rotatable bonds is 7. The van der Waals surface area contributed by atoms with E-state index in [1.54, 1.807) is 30.3 Å². The third-order valence-electron chi connectivity index (χ3n) is 3.06. The van der Waals surface area contributed by atoms with Gasteiger partial charge in [-0.1, -0.05) is 18.2 Å². The predicted molar refractivity (Wildman–Crippen MR) is 91.2 cm³/mol. The van der Waals surface area contributed by atoms with E-state index in [-0.39, 0.29) is 11.4 Å². The second-order valence-corrected chi connectivity index (χ2v) is 6.96. The fraction of sp³-hybridized carbons (Fsp3) is 0.333. The van der Waals surface area contributed by atoms with E-state index in [2.05, 4.69) is 20.0 Å². The van der Waals surface area contributed by atoms with Crippen LogP contribution in [0.1, 0.15) is 5.82 Å². The zero-order valence-electron chi connectivity index (χ0n) is 13.4. The Kier molecular flexibility index (Phi) is 5.51. The summed E-state index contributed by atoms with van der Waals surface area (Å²) in [5.41, 5.74) is 0. The van der Waals surface area contributed by atoms with Crippen LogP contribution in [0.3, 0.4) is 0 Å². The van der Waals surface area contributed by atoms with Crippen LogP contribution in [-0.4, -0.2) is 45.6 Å². The molecule has 0 fully saturated rings. The highest BCUT2D eigenvalue weighted by atomic mass is 32.2. The van der Waals surface area contributed by atoms with E-state index in [1.165, 1.54) is 0 Å². The molecule has 1 aromatic heterocycles. The number of aromatic nitrogens is 2. The van der Waals surface area contributed by atoms with Crippen LogP contribution in [0.15, 0.2) is 41.3 Å². The Balaban J connectivity index is 1.91. The molecule has 7 nitrogen and oxygen atoms in total. The molecular formula is C15H21N5O2S. The number of aryl methyl sites for hydroxylation is 1. The van der Waals surface area contributed by atoms with Gasteiger partial charge in [0.25, 0.3) is 0 Å². The van der Waals surface area contributed by atoms with Crippen LogP contribution in [0.25, 0.3) is 0 Å². The lowest BCUT2D eigenvalue weighted by molar-refractivity contribution is 0.583. The Bertz CT molecular complexity index is 748. The fourth-order valence-electron chi connectivity index (χ4n) is 1.93. The van der Waals surface area contributed by atoms with Gasteiger partial charge in [-0.2, -0.15) is 0 Å². The van der Waals surface area contributed by atoms with Crippen LogP contribution in [0.5, 0.6) is 0 Å². The fourth-order valence-corrected chi connectivity index (χ4v) is 2.98. The van der Waals surface area contributed by atoms with Crippen LogP contribution in [0.4, 0.5) is 11.6 Å². The summed E-state index contributed by atoms with van der Waals surface area (Å²) in [5.74, 6) is 2.12. The molecule has 0 bridgehead atoms. The van der Waals surface area contributed by atoms with Crippen molar-refractivity contribution in [2.45, 2.75) is 11.8 Å². The van der Waals surface area contributed by atoms with Crippen LogP contribution < -0.4 is 14.9 Å². The zero-order valence-corrected chi connectivity index (χ0v) is 14.3. The number of benzene rings is 1. The van der Waals surface area contributed by atoms with Gasteiger partial charge in [-0.15, -0.1) is 0 Å². The van der Waals surface area contributed by atoms with Crippen molar-refractivity contribution in [2.24, 2.45) is 0 Å². The lowest BCUT2D eigenvalue weighted by Crippen LogP contribution is -2.29. The zero-order chi connectivity index (χ0) is 16.9. The van der Waals surface area contributed by atoms with E-state index in [0.717, 1.165) is 5.82 Å². The summed E-state index contributed by atoms with van der Waals surface area (Å²) in [6, 6.07) is 10.1. The van der Waals surface area contributed by atoms with Crippen molar-refractivity contribution in [2.75, 3.05) is 37.4 Å². The van der Waals surface area contributed by atoms with E-state index < -0.39 is 10.0 Å². The van der Waals surface area contributed by atoms with E-state index in [1.807, 2.05) is 32.0 Å². The first kappa shape index (κ1) is 17.2. The Hall–Kier alpha value is -2.19. The molecule has 0 atom stereocenters. The average molecular weight is 335 g/mol. The van der Waals surface area contributed by atoms with Gasteiger partial charge < -0.3 is 10.2 Å². The first-order valence-electron chi connectivity index (χ1n) is 7.20. The normalized spacial score (nSPS) is 11.3.